The van der Waals surface area contributed by atoms with Crippen LogP contribution in [0.4, 0.5) is 4.39 Å². The highest BCUT2D eigenvalue weighted by Gasteiger charge is 2.38. The number of rotatable bonds is 4. The molecule has 100 valence electrons. The number of benzene rings is 1. The zero-order chi connectivity index (χ0) is 13.2. The molecule has 0 saturated carbocycles. The van der Waals surface area contributed by atoms with E-state index >= 15 is 0 Å². The fourth-order valence-corrected chi connectivity index (χ4v) is 2.65. The Labute approximate surface area is 108 Å². The Morgan fingerprint density at radius 2 is 2.22 bits per heavy atom. The normalized spacial score (nSPS) is 26.6. The molecule has 0 radical (unpaired) electrons. The molecular weight excluding hydrogens is 231 g/mol. The quantitative estimate of drug-likeness (QED) is 0.878. The van der Waals surface area contributed by atoms with Gasteiger partial charge in [0.15, 0.2) is 0 Å². The average Bonchev–Trinajstić information content (AvgIpc) is 2.36. The van der Waals surface area contributed by atoms with Crippen molar-refractivity contribution in [3.8, 4) is 5.75 Å². The third-order valence-corrected chi connectivity index (χ3v) is 3.86. The molecule has 2 rings (SSSR count). The zero-order valence-corrected chi connectivity index (χ0v) is 11.1. The van der Waals surface area contributed by atoms with Gasteiger partial charge in [-0.05, 0) is 31.4 Å². The van der Waals surface area contributed by atoms with Gasteiger partial charge in [0.25, 0.3) is 0 Å². The summed E-state index contributed by atoms with van der Waals surface area (Å²) >= 11 is 0. The second kappa shape index (κ2) is 5.27. The SMILES string of the molecule is CCCCC1(CC)CC(O)c2ccc(F)cc2O1. The van der Waals surface area contributed by atoms with E-state index in [2.05, 4.69) is 13.8 Å². The molecule has 1 N–H and O–H groups in total. The van der Waals surface area contributed by atoms with E-state index in [1.165, 1.54) is 12.1 Å². The lowest BCUT2D eigenvalue weighted by Gasteiger charge is -2.40. The van der Waals surface area contributed by atoms with Crippen molar-refractivity contribution in [3.05, 3.63) is 29.6 Å². The first-order valence-corrected chi connectivity index (χ1v) is 6.77. The Kier molecular flexibility index (Phi) is 3.91. The largest absolute Gasteiger partial charge is 0.487 e. The van der Waals surface area contributed by atoms with Crippen molar-refractivity contribution in [1.29, 1.82) is 0 Å². The molecule has 0 bridgehead atoms. The third-order valence-electron chi connectivity index (χ3n) is 3.86. The van der Waals surface area contributed by atoms with Gasteiger partial charge in [-0.25, -0.2) is 4.39 Å². The molecule has 0 amide bonds. The van der Waals surface area contributed by atoms with Crippen molar-refractivity contribution in [2.75, 3.05) is 0 Å². The van der Waals surface area contributed by atoms with Crippen LogP contribution in [0.3, 0.4) is 0 Å². The first-order valence-electron chi connectivity index (χ1n) is 6.77. The summed E-state index contributed by atoms with van der Waals surface area (Å²) in [6, 6.07) is 4.37. The van der Waals surface area contributed by atoms with Gasteiger partial charge in [0.05, 0.1) is 6.10 Å². The summed E-state index contributed by atoms with van der Waals surface area (Å²) in [5.74, 6) is 0.190. The molecule has 1 aliphatic rings. The van der Waals surface area contributed by atoms with Crippen LogP contribution in [0, 0.1) is 5.82 Å². The maximum Gasteiger partial charge on any atom is 0.128 e. The Morgan fingerprint density at radius 3 is 2.89 bits per heavy atom. The van der Waals surface area contributed by atoms with Gasteiger partial charge in [-0.15, -0.1) is 0 Å². The number of hydrogen-bond donors (Lipinski definition) is 1. The molecule has 1 heterocycles. The Hall–Kier alpha value is -1.09. The summed E-state index contributed by atoms with van der Waals surface area (Å²) in [7, 11) is 0. The summed E-state index contributed by atoms with van der Waals surface area (Å²) in [5.41, 5.74) is 0.368. The Morgan fingerprint density at radius 1 is 1.44 bits per heavy atom. The van der Waals surface area contributed by atoms with Gasteiger partial charge in [0, 0.05) is 18.1 Å². The van der Waals surface area contributed by atoms with Crippen molar-refractivity contribution in [3.63, 3.8) is 0 Å². The van der Waals surface area contributed by atoms with Crippen LogP contribution in [-0.2, 0) is 0 Å². The third kappa shape index (κ3) is 2.51. The fraction of sp³-hybridized carbons (Fsp3) is 0.600. The van der Waals surface area contributed by atoms with Crippen molar-refractivity contribution in [1.82, 2.24) is 0 Å². The summed E-state index contributed by atoms with van der Waals surface area (Å²) in [5, 5.41) is 10.2. The number of unbranched alkanes of at least 4 members (excludes halogenated alkanes) is 1. The summed E-state index contributed by atoms with van der Waals surface area (Å²) in [6.07, 6.45) is 3.95. The minimum atomic E-state index is -0.550. The number of hydrogen-bond acceptors (Lipinski definition) is 2. The van der Waals surface area contributed by atoms with Crippen molar-refractivity contribution >= 4 is 0 Å². The van der Waals surface area contributed by atoms with E-state index < -0.39 is 6.10 Å². The van der Waals surface area contributed by atoms with Gasteiger partial charge in [-0.1, -0.05) is 20.3 Å². The molecule has 1 aromatic rings. The molecule has 1 aliphatic heterocycles. The van der Waals surface area contributed by atoms with Crippen LogP contribution in [0.1, 0.15) is 57.6 Å². The monoisotopic (exact) mass is 252 g/mol. The van der Waals surface area contributed by atoms with Gasteiger partial charge >= 0.3 is 0 Å². The van der Waals surface area contributed by atoms with Crippen LogP contribution in [0.15, 0.2) is 18.2 Å². The molecule has 0 aromatic heterocycles. The second-order valence-corrected chi connectivity index (χ2v) is 5.14. The molecule has 2 unspecified atom stereocenters. The van der Waals surface area contributed by atoms with Crippen molar-refractivity contribution < 1.29 is 14.2 Å². The minimum absolute atomic E-state index is 0.316. The molecule has 0 saturated heterocycles. The molecule has 3 heteroatoms. The minimum Gasteiger partial charge on any atom is -0.487 e. The lowest BCUT2D eigenvalue weighted by Crippen LogP contribution is -2.40. The summed E-state index contributed by atoms with van der Waals surface area (Å²) in [4.78, 5) is 0. The Balaban J connectivity index is 2.29. The van der Waals surface area contributed by atoms with Crippen molar-refractivity contribution in [2.45, 2.75) is 57.7 Å². The first-order chi connectivity index (χ1) is 8.60. The lowest BCUT2D eigenvalue weighted by molar-refractivity contribution is -0.0243. The fourth-order valence-electron chi connectivity index (χ4n) is 2.65. The first kappa shape index (κ1) is 13.3. The number of ether oxygens (including phenoxy) is 1. The Bertz CT molecular complexity index is 419. The van der Waals surface area contributed by atoms with E-state index in [1.54, 1.807) is 6.07 Å². The van der Waals surface area contributed by atoms with Crippen LogP contribution < -0.4 is 4.74 Å². The number of fused-ring (bicyclic) bond motifs is 1. The number of halogens is 1. The van der Waals surface area contributed by atoms with Gasteiger partial charge in [-0.3, -0.25) is 0 Å². The molecule has 0 spiro atoms. The van der Waals surface area contributed by atoms with Crippen LogP contribution in [-0.4, -0.2) is 10.7 Å². The van der Waals surface area contributed by atoms with E-state index in [9.17, 15) is 9.50 Å². The molecule has 2 atom stereocenters. The van der Waals surface area contributed by atoms with Crippen LogP contribution in [0.2, 0.25) is 0 Å². The van der Waals surface area contributed by atoms with Crippen LogP contribution >= 0.6 is 0 Å². The number of aliphatic hydroxyl groups is 1. The highest BCUT2D eigenvalue weighted by molar-refractivity contribution is 5.38. The lowest BCUT2D eigenvalue weighted by atomic mass is 9.83. The smallest absolute Gasteiger partial charge is 0.128 e. The second-order valence-electron chi connectivity index (χ2n) is 5.14. The number of aliphatic hydroxyl groups excluding tert-OH is 1. The van der Waals surface area contributed by atoms with Gasteiger partial charge in [0.2, 0.25) is 0 Å². The van der Waals surface area contributed by atoms with E-state index in [-0.39, 0.29) is 11.4 Å². The van der Waals surface area contributed by atoms with E-state index in [4.69, 9.17) is 4.74 Å². The van der Waals surface area contributed by atoms with Gasteiger partial charge < -0.3 is 9.84 Å². The summed E-state index contributed by atoms with van der Waals surface area (Å²) < 4.78 is 19.3. The van der Waals surface area contributed by atoms with Gasteiger partial charge in [-0.2, -0.15) is 0 Å². The maximum absolute atomic E-state index is 13.3. The predicted molar refractivity (Wildman–Crippen MR) is 69.2 cm³/mol. The average molecular weight is 252 g/mol. The molecule has 18 heavy (non-hydrogen) atoms. The van der Waals surface area contributed by atoms with E-state index in [0.29, 0.717) is 17.7 Å². The topological polar surface area (TPSA) is 29.5 Å². The van der Waals surface area contributed by atoms with Crippen molar-refractivity contribution in [2.24, 2.45) is 0 Å². The molecular formula is C15H21FO2. The summed E-state index contributed by atoms with van der Waals surface area (Å²) in [6.45, 7) is 4.20. The highest BCUT2D eigenvalue weighted by atomic mass is 19.1. The highest BCUT2D eigenvalue weighted by Crippen LogP contribution is 2.43. The van der Waals surface area contributed by atoms with E-state index in [1.807, 2.05) is 0 Å². The predicted octanol–water partition coefficient (Wildman–Crippen LogP) is 3.98. The molecule has 2 nitrogen and oxygen atoms in total. The molecule has 0 fully saturated rings. The van der Waals surface area contributed by atoms with Gasteiger partial charge in [0.1, 0.15) is 17.2 Å². The standard InChI is InChI=1S/C15H21FO2/c1-3-5-8-15(4-2)10-13(17)12-7-6-11(16)9-14(12)18-15/h6-7,9,13,17H,3-5,8,10H2,1-2H3. The molecule has 0 aliphatic carbocycles. The van der Waals surface area contributed by atoms with Crippen LogP contribution in [0.5, 0.6) is 5.75 Å². The maximum atomic E-state index is 13.3. The van der Waals surface area contributed by atoms with Crippen LogP contribution in [0.25, 0.3) is 0 Å². The molecule has 1 aromatic carbocycles. The van der Waals surface area contributed by atoms with E-state index in [0.717, 1.165) is 25.7 Å². The zero-order valence-electron chi connectivity index (χ0n) is 11.1.